The second kappa shape index (κ2) is 8.91. The van der Waals surface area contributed by atoms with Gasteiger partial charge >= 0.3 is 6.18 Å². The van der Waals surface area contributed by atoms with Crippen LogP contribution in [0.2, 0.25) is 5.02 Å². The van der Waals surface area contributed by atoms with E-state index in [1.165, 1.54) is 6.21 Å². The van der Waals surface area contributed by atoms with E-state index in [4.69, 9.17) is 20.8 Å². The van der Waals surface area contributed by atoms with Gasteiger partial charge in [-0.2, -0.15) is 22.9 Å². The van der Waals surface area contributed by atoms with E-state index in [0.717, 1.165) is 17.3 Å². The van der Waals surface area contributed by atoms with Crippen LogP contribution in [0.4, 0.5) is 13.2 Å². The zero-order chi connectivity index (χ0) is 21.0. The lowest BCUT2D eigenvalue weighted by Crippen LogP contribution is -2.13. The summed E-state index contributed by atoms with van der Waals surface area (Å²) in [5.74, 6) is 0.710. The van der Waals surface area contributed by atoms with Crippen molar-refractivity contribution in [1.82, 2.24) is 14.9 Å². The third kappa shape index (κ3) is 5.33. The molecule has 0 N–H and O–H groups in total. The maximum Gasteiger partial charge on any atom is 0.453 e. The Morgan fingerprint density at radius 1 is 1.28 bits per heavy atom. The van der Waals surface area contributed by atoms with Crippen molar-refractivity contribution in [3.8, 4) is 5.75 Å². The van der Waals surface area contributed by atoms with Crippen molar-refractivity contribution in [3.63, 3.8) is 0 Å². The lowest BCUT2D eigenvalue weighted by atomic mass is 10.2. The van der Waals surface area contributed by atoms with Crippen LogP contribution in [0.15, 0.2) is 45.0 Å². The van der Waals surface area contributed by atoms with E-state index in [2.05, 4.69) is 15.3 Å². The van der Waals surface area contributed by atoms with Crippen molar-refractivity contribution >= 4 is 29.6 Å². The molecular formula is C18H16ClF3N4O2S. The minimum atomic E-state index is -4.67. The summed E-state index contributed by atoms with van der Waals surface area (Å²) in [7, 11) is 0. The summed E-state index contributed by atoms with van der Waals surface area (Å²) in [6, 6.07) is 8.50. The van der Waals surface area contributed by atoms with Crippen LogP contribution in [0.3, 0.4) is 0 Å². The van der Waals surface area contributed by atoms with Crippen LogP contribution >= 0.6 is 23.4 Å². The van der Waals surface area contributed by atoms with Gasteiger partial charge in [0, 0.05) is 5.02 Å². The lowest BCUT2D eigenvalue weighted by Gasteiger charge is -2.06. The molecule has 2 aromatic heterocycles. The molecule has 0 saturated heterocycles. The summed E-state index contributed by atoms with van der Waals surface area (Å²) >= 11 is 7.08. The molecule has 0 spiro atoms. The number of thioether (sulfide) groups is 1. The largest absolute Gasteiger partial charge is 0.486 e. The van der Waals surface area contributed by atoms with E-state index in [-0.39, 0.29) is 17.5 Å². The van der Waals surface area contributed by atoms with Crippen LogP contribution in [-0.4, -0.2) is 26.8 Å². The molecular weight excluding hydrogens is 429 g/mol. The van der Waals surface area contributed by atoms with Gasteiger partial charge in [0.2, 0.25) is 5.16 Å². The van der Waals surface area contributed by atoms with Crippen molar-refractivity contribution in [2.75, 3.05) is 5.75 Å². The first-order chi connectivity index (χ1) is 13.8. The maximum atomic E-state index is 13.1. The van der Waals surface area contributed by atoms with Crippen LogP contribution in [0.1, 0.15) is 29.8 Å². The lowest BCUT2D eigenvalue weighted by molar-refractivity contribution is -0.147. The van der Waals surface area contributed by atoms with Gasteiger partial charge in [-0.25, -0.2) is 0 Å². The summed E-state index contributed by atoms with van der Waals surface area (Å²) in [5, 5.41) is 11.3. The highest BCUT2D eigenvalue weighted by molar-refractivity contribution is 7.99. The van der Waals surface area contributed by atoms with Gasteiger partial charge in [0.05, 0.1) is 6.21 Å². The molecule has 0 unspecified atom stereocenters. The number of aryl methyl sites for hydroxylation is 1. The molecule has 6 nitrogen and oxygen atoms in total. The van der Waals surface area contributed by atoms with Gasteiger partial charge in [0.1, 0.15) is 23.9 Å². The number of rotatable bonds is 7. The van der Waals surface area contributed by atoms with Crippen molar-refractivity contribution in [3.05, 3.63) is 58.3 Å². The molecule has 0 radical (unpaired) electrons. The summed E-state index contributed by atoms with van der Waals surface area (Å²) in [6.45, 7) is 3.80. The van der Waals surface area contributed by atoms with Gasteiger partial charge in [0.15, 0.2) is 0 Å². The van der Waals surface area contributed by atoms with Crippen LogP contribution in [-0.2, 0) is 12.8 Å². The van der Waals surface area contributed by atoms with Gasteiger partial charge in [0.25, 0.3) is 5.82 Å². The number of alkyl halides is 3. The molecule has 0 amide bonds. The predicted molar refractivity (Wildman–Crippen MR) is 104 cm³/mol. The molecule has 0 atom stereocenters. The van der Waals surface area contributed by atoms with Crippen LogP contribution < -0.4 is 4.74 Å². The minimum absolute atomic E-state index is 0.0456. The van der Waals surface area contributed by atoms with E-state index in [1.54, 1.807) is 37.3 Å². The Morgan fingerprint density at radius 2 is 2.07 bits per heavy atom. The van der Waals surface area contributed by atoms with Crippen molar-refractivity contribution in [2.24, 2.45) is 5.10 Å². The maximum absolute atomic E-state index is 13.1. The monoisotopic (exact) mass is 444 g/mol. The van der Waals surface area contributed by atoms with Gasteiger partial charge in [-0.05, 0) is 48.6 Å². The van der Waals surface area contributed by atoms with E-state index < -0.39 is 12.0 Å². The first kappa shape index (κ1) is 21.3. The molecule has 11 heteroatoms. The number of ether oxygens (including phenoxy) is 1. The van der Waals surface area contributed by atoms with Gasteiger partial charge in [-0.1, -0.05) is 30.3 Å². The molecule has 29 heavy (non-hydrogen) atoms. The molecule has 0 fully saturated rings. The Hall–Kier alpha value is -2.46. The van der Waals surface area contributed by atoms with Gasteiger partial charge in [-0.15, -0.1) is 10.2 Å². The molecule has 154 valence electrons. The fraction of sp³-hybridized carbons (Fsp3) is 0.278. The number of furan rings is 1. The van der Waals surface area contributed by atoms with Crippen LogP contribution in [0.5, 0.6) is 5.75 Å². The smallest absolute Gasteiger partial charge is 0.453 e. The average molecular weight is 445 g/mol. The standard InChI is InChI=1S/C18H16ClF3N4O2S/c1-3-29-17-25-24-16(18(20,21)22)26(17)23-9-13-4-5-14(28-13)10-27-12-6-7-15(19)11(2)8-12/h4-9H,3,10H2,1-2H3/b23-9-. The van der Waals surface area contributed by atoms with Gasteiger partial charge in [-0.3, -0.25) is 0 Å². The van der Waals surface area contributed by atoms with Crippen LogP contribution in [0, 0.1) is 6.92 Å². The van der Waals surface area contributed by atoms with Crippen molar-refractivity contribution in [2.45, 2.75) is 31.8 Å². The number of hydrogen-bond donors (Lipinski definition) is 0. The Kier molecular flexibility index (Phi) is 6.53. The molecule has 0 bridgehead atoms. The molecule has 3 aromatic rings. The van der Waals surface area contributed by atoms with Gasteiger partial charge < -0.3 is 9.15 Å². The number of aromatic nitrogens is 3. The van der Waals surface area contributed by atoms with Crippen molar-refractivity contribution in [1.29, 1.82) is 0 Å². The van der Waals surface area contributed by atoms with E-state index >= 15 is 0 Å². The highest BCUT2D eigenvalue weighted by Crippen LogP contribution is 2.30. The minimum Gasteiger partial charge on any atom is -0.486 e. The molecule has 3 rings (SSSR count). The van der Waals surface area contributed by atoms with E-state index in [1.807, 2.05) is 6.92 Å². The first-order valence-electron chi connectivity index (χ1n) is 8.45. The van der Waals surface area contributed by atoms with E-state index in [9.17, 15) is 13.2 Å². The predicted octanol–water partition coefficient (Wildman–Crippen LogP) is 5.42. The van der Waals surface area contributed by atoms with Crippen LogP contribution in [0.25, 0.3) is 0 Å². The summed E-state index contributed by atoms with van der Waals surface area (Å²) in [6.07, 6.45) is -3.50. The summed E-state index contributed by atoms with van der Waals surface area (Å²) in [4.78, 5) is 0. The molecule has 0 aliphatic rings. The first-order valence-corrected chi connectivity index (χ1v) is 9.81. The molecule has 1 aromatic carbocycles. The summed E-state index contributed by atoms with van der Waals surface area (Å²) < 4.78 is 51.1. The fourth-order valence-electron chi connectivity index (χ4n) is 2.28. The highest BCUT2D eigenvalue weighted by atomic mass is 35.5. The second-order valence-electron chi connectivity index (χ2n) is 5.80. The molecule has 0 saturated carbocycles. The Labute approximate surface area is 173 Å². The Bertz CT molecular complexity index is 1020. The number of hydrogen-bond acceptors (Lipinski definition) is 6. The molecule has 0 aliphatic heterocycles. The Morgan fingerprint density at radius 3 is 2.76 bits per heavy atom. The highest BCUT2D eigenvalue weighted by Gasteiger charge is 2.38. The third-order valence-electron chi connectivity index (χ3n) is 3.63. The quantitative estimate of drug-likeness (QED) is 0.359. The van der Waals surface area contributed by atoms with E-state index in [0.29, 0.717) is 27.0 Å². The zero-order valence-electron chi connectivity index (χ0n) is 15.4. The SMILES string of the molecule is CCSc1nnc(C(F)(F)F)n1/N=C\c1ccc(COc2ccc(Cl)c(C)c2)o1. The zero-order valence-corrected chi connectivity index (χ0v) is 17.0. The molecule has 2 heterocycles. The number of benzene rings is 1. The number of nitrogens with zero attached hydrogens (tertiary/aromatic N) is 4. The molecule has 0 aliphatic carbocycles. The topological polar surface area (TPSA) is 65.4 Å². The third-order valence-corrected chi connectivity index (χ3v) is 4.86. The number of halogens is 4. The normalized spacial score (nSPS) is 12.1. The second-order valence-corrected chi connectivity index (χ2v) is 7.44. The average Bonchev–Trinajstić information content (AvgIpc) is 3.28. The Balaban J connectivity index is 1.72. The summed E-state index contributed by atoms with van der Waals surface area (Å²) in [5.41, 5.74) is 0.881. The van der Waals surface area contributed by atoms with Crippen molar-refractivity contribution < 1.29 is 22.3 Å². The fourth-order valence-corrected chi connectivity index (χ4v) is 3.01.